The zero-order chi connectivity index (χ0) is 13.0. The molecule has 18 heavy (non-hydrogen) atoms. The smallest absolute Gasteiger partial charge is 0.248 e. The summed E-state index contributed by atoms with van der Waals surface area (Å²) in [5, 5.41) is 18.7. The van der Waals surface area contributed by atoms with Crippen molar-refractivity contribution in [3.05, 3.63) is 39.9 Å². The zero-order valence-corrected chi connectivity index (χ0v) is 10.4. The second-order valence-corrected chi connectivity index (χ2v) is 4.46. The largest absolute Gasteiger partial charge is 0.410 e. The molecule has 9 heteroatoms. The molecule has 0 amide bonds. The molecule has 94 valence electrons. The molecule has 0 aliphatic rings. The molecule has 0 saturated carbocycles. The number of nitrogens with one attached hydrogen (secondary N) is 1. The third-order valence-electron chi connectivity index (χ3n) is 1.93. The van der Waals surface area contributed by atoms with Crippen LogP contribution in [0.3, 0.4) is 0 Å². The second-order valence-electron chi connectivity index (χ2n) is 3.14. The molecule has 2 aromatic heterocycles. The van der Waals surface area contributed by atoms with Gasteiger partial charge in [-0.05, 0) is 16.4 Å². The molecule has 0 aliphatic heterocycles. The molecule has 0 fully saturated rings. The summed E-state index contributed by atoms with van der Waals surface area (Å²) in [7, 11) is 0. The van der Waals surface area contributed by atoms with Crippen molar-refractivity contribution in [1.82, 2.24) is 15.3 Å². The highest BCUT2D eigenvalue weighted by Crippen LogP contribution is 2.23. The second kappa shape index (κ2) is 5.69. The molecule has 0 aliphatic carbocycles. The quantitative estimate of drug-likeness (QED) is 0.381. The molecule has 0 spiro atoms. The predicted octanol–water partition coefficient (Wildman–Crippen LogP) is 1.42. The lowest BCUT2D eigenvalue weighted by Crippen LogP contribution is -2.05. The van der Waals surface area contributed by atoms with Crippen molar-refractivity contribution in [2.45, 2.75) is 10.8 Å². The predicted molar refractivity (Wildman–Crippen MR) is 65.1 cm³/mol. The highest BCUT2D eigenvalue weighted by atomic mass is 35.5. The van der Waals surface area contributed by atoms with Crippen LogP contribution in [-0.4, -0.2) is 25.7 Å². The monoisotopic (exact) mass is 286 g/mol. The number of halogens is 1. The van der Waals surface area contributed by atoms with Crippen LogP contribution in [-0.2, 0) is 5.75 Å². The van der Waals surface area contributed by atoms with Crippen molar-refractivity contribution in [3.8, 4) is 0 Å². The first-order valence-corrected chi connectivity index (χ1v) is 6.08. The molecule has 0 atom stereocenters. The van der Waals surface area contributed by atoms with Gasteiger partial charge in [-0.3, -0.25) is 4.79 Å². The number of oxime groups is 1. The van der Waals surface area contributed by atoms with Crippen molar-refractivity contribution in [2.75, 3.05) is 0 Å². The molecule has 2 heterocycles. The number of aromatic nitrogens is 3. The molecular weight excluding hydrogens is 280 g/mol. The number of rotatable bonds is 4. The minimum Gasteiger partial charge on any atom is -0.410 e. The Kier molecular flexibility index (Phi) is 4.00. The molecule has 0 saturated heterocycles. The van der Waals surface area contributed by atoms with Gasteiger partial charge in [-0.2, -0.15) is 0 Å². The molecule has 0 aromatic carbocycles. The maximum Gasteiger partial charge on any atom is 0.248 e. The molecule has 2 rings (SSSR count). The fourth-order valence-electron chi connectivity index (χ4n) is 1.17. The van der Waals surface area contributed by atoms with Gasteiger partial charge >= 0.3 is 0 Å². The van der Waals surface area contributed by atoms with Gasteiger partial charge in [-0.1, -0.05) is 34.6 Å². The van der Waals surface area contributed by atoms with Crippen LogP contribution in [0, 0.1) is 0 Å². The van der Waals surface area contributed by atoms with Gasteiger partial charge in [-0.25, -0.2) is 4.63 Å². The Morgan fingerprint density at radius 2 is 2.39 bits per heavy atom. The maximum absolute atomic E-state index is 11.1. The summed E-state index contributed by atoms with van der Waals surface area (Å²) in [6.07, 6.45) is 0. The lowest BCUT2D eigenvalue weighted by Gasteiger charge is -1.98. The van der Waals surface area contributed by atoms with Crippen molar-refractivity contribution in [3.63, 3.8) is 0 Å². The Labute approximate surface area is 110 Å². The number of H-pyrrole nitrogens is 1. The Balaban J connectivity index is 2.11. The van der Waals surface area contributed by atoms with Gasteiger partial charge in [0.15, 0.2) is 15.9 Å². The number of hydrogen-bond donors (Lipinski definition) is 2. The van der Waals surface area contributed by atoms with Crippen LogP contribution < -0.4 is 5.56 Å². The van der Waals surface area contributed by atoms with Crippen molar-refractivity contribution in [1.29, 1.82) is 0 Å². The van der Waals surface area contributed by atoms with E-state index in [2.05, 4.69) is 25.1 Å². The normalized spacial score (nSPS) is 11.7. The number of thioether (sulfide) groups is 1. The van der Waals surface area contributed by atoms with Gasteiger partial charge in [0.1, 0.15) is 0 Å². The minimum absolute atomic E-state index is 0.155. The molecule has 0 unspecified atom stereocenters. The van der Waals surface area contributed by atoms with Crippen LogP contribution in [0.4, 0.5) is 0 Å². The van der Waals surface area contributed by atoms with Crippen LogP contribution in [0.2, 0.25) is 0 Å². The van der Waals surface area contributed by atoms with E-state index in [1.807, 2.05) is 0 Å². The van der Waals surface area contributed by atoms with E-state index in [1.54, 1.807) is 12.1 Å². The first-order valence-electron chi connectivity index (χ1n) is 4.72. The van der Waals surface area contributed by atoms with Crippen molar-refractivity contribution in [2.24, 2.45) is 5.16 Å². The van der Waals surface area contributed by atoms with Gasteiger partial charge in [0.2, 0.25) is 5.56 Å². The third kappa shape index (κ3) is 2.90. The first-order chi connectivity index (χ1) is 8.70. The number of aromatic amines is 1. The van der Waals surface area contributed by atoms with E-state index in [1.165, 1.54) is 17.8 Å². The lowest BCUT2D eigenvalue weighted by molar-refractivity contribution is 0.297. The molecule has 0 radical (unpaired) electrons. The van der Waals surface area contributed by atoms with Crippen LogP contribution in [0.25, 0.3) is 0 Å². The Morgan fingerprint density at radius 1 is 1.56 bits per heavy atom. The van der Waals surface area contributed by atoms with Crippen LogP contribution >= 0.6 is 23.4 Å². The van der Waals surface area contributed by atoms with Gasteiger partial charge in [0.05, 0.1) is 0 Å². The highest BCUT2D eigenvalue weighted by molar-refractivity contribution is 7.98. The molecule has 7 nitrogen and oxygen atoms in total. The average molecular weight is 287 g/mol. The fraction of sp³-hybridized carbons (Fsp3) is 0.111. The molecule has 2 aromatic rings. The summed E-state index contributed by atoms with van der Waals surface area (Å²) >= 11 is 6.86. The SMILES string of the molecule is O=c1cccc(CSc2nonc2C(Cl)=NO)[nH]1. The summed E-state index contributed by atoms with van der Waals surface area (Å²) in [6.45, 7) is 0. The summed E-state index contributed by atoms with van der Waals surface area (Å²) in [5.41, 5.74) is 0.697. The molecular formula is C9H7ClN4O3S. The molecule has 2 N–H and O–H groups in total. The summed E-state index contributed by atoms with van der Waals surface area (Å²) in [5.74, 6) is 0.451. The third-order valence-corrected chi connectivity index (χ3v) is 3.19. The summed E-state index contributed by atoms with van der Waals surface area (Å²) < 4.78 is 4.51. The first kappa shape index (κ1) is 12.7. The van der Waals surface area contributed by atoms with E-state index in [0.717, 1.165) is 5.69 Å². The number of nitrogens with zero attached hydrogens (tertiary/aromatic N) is 3. The highest BCUT2D eigenvalue weighted by Gasteiger charge is 2.15. The fourth-order valence-corrected chi connectivity index (χ4v) is 2.17. The van der Waals surface area contributed by atoms with Crippen molar-refractivity contribution >= 4 is 28.5 Å². The van der Waals surface area contributed by atoms with E-state index in [4.69, 9.17) is 16.8 Å². The Hall–Kier alpha value is -1.80. The number of hydrogen-bond acceptors (Lipinski definition) is 7. The van der Waals surface area contributed by atoms with Crippen LogP contribution in [0.5, 0.6) is 0 Å². The van der Waals surface area contributed by atoms with Crippen LogP contribution in [0.1, 0.15) is 11.4 Å². The Bertz CT molecular complexity index is 624. The van der Waals surface area contributed by atoms with Crippen LogP contribution in [0.15, 0.2) is 37.8 Å². The Morgan fingerprint density at radius 3 is 3.11 bits per heavy atom. The van der Waals surface area contributed by atoms with E-state index >= 15 is 0 Å². The van der Waals surface area contributed by atoms with E-state index in [0.29, 0.717) is 10.8 Å². The van der Waals surface area contributed by atoms with E-state index in [-0.39, 0.29) is 16.4 Å². The van der Waals surface area contributed by atoms with Crippen molar-refractivity contribution < 1.29 is 9.84 Å². The van der Waals surface area contributed by atoms with Gasteiger partial charge < -0.3 is 10.2 Å². The van der Waals surface area contributed by atoms with Gasteiger partial charge in [0.25, 0.3) is 0 Å². The minimum atomic E-state index is -0.208. The number of pyridine rings is 1. The van der Waals surface area contributed by atoms with E-state index < -0.39 is 0 Å². The van der Waals surface area contributed by atoms with Gasteiger partial charge in [-0.15, -0.1) is 0 Å². The van der Waals surface area contributed by atoms with E-state index in [9.17, 15) is 4.79 Å². The summed E-state index contributed by atoms with van der Waals surface area (Å²) in [6, 6.07) is 4.84. The van der Waals surface area contributed by atoms with Gasteiger partial charge in [0, 0.05) is 17.5 Å². The lowest BCUT2D eigenvalue weighted by atomic mass is 10.4. The zero-order valence-electron chi connectivity index (χ0n) is 8.83. The summed E-state index contributed by atoms with van der Waals surface area (Å²) in [4.78, 5) is 13.8. The standard InChI is InChI=1S/C9H7ClN4O3S/c10-8(12-16)7-9(14-17-13-7)18-4-5-2-1-3-6(15)11-5/h1-3,16H,4H2,(H,11,15). The topological polar surface area (TPSA) is 104 Å². The average Bonchev–Trinajstić information content (AvgIpc) is 2.84. The maximum atomic E-state index is 11.1. The molecule has 0 bridgehead atoms.